The molecule has 3 nitrogen and oxygen atoms in total. The number of rotatable bonds is 5. The van der Waals surface area contributed by atoms with Crippen LogP contribution in [-0.4, -0.2) is 35.7 Å². The highest BCUT2D eigenvalue weighted by Gasteiger charge is 2.26. The molecule has 4 heteroatoms. The van der Waals surface area contributed by atoms with Crippen LogP contribution in [0.15, 0.2) is 28.7 Å². The van der Waals surface area contributed by atoms with Crippen molar-refractivity contribution >= 4 is 15.9 Å². The van der Waals surface area contributed by atoms with E-state index in [1.807, 2.05) is 12.1 Å². The number of hydrogen-bond donors (Lipinski definition) is 2. The lowest BCUT2D eigenvalue weighted by Crippen LogP contribution is -2.44. The van der Waals surface area contributed by atoms with Crippen molar-refractivity contribution in [3.05, 3.63) is 34.3 Å². The van der Waals surface area contributed by atoms with Crippen LogP contribution >= 0.6 is 15.9 Å². The Kier molecular flexibility index (Phi) is 6.02. The molecule has 0 bridgehead atoms. The molecular formula is C16H25BrN2O. The van der Waals surface area contributed by atoms with E-state index < -0.39 is 0 Å². The second kappa shape index (κ2) is 7.55. The molecule has 0 amide bonds. The number of aliphatic hydroxyl groups excluding tert-OH is 1. The second-order valence-corrected chi connectivity index (χ2v) is 6.77. The highest BCUT2D eigenvalue weighted by Crippen LogP contribution is 2.24. The standard InChI is InChI=1S/C16H25BrN2O/c1-19(15-7-2-3-8-16(15)20)10-9-14(18)12-5-4-6-13(17)11-12/h4-6,11,14-16,20H,2-3,7-10,18H2,1H3. The van der Waals surface area contributed by atoms with Gasteiger partial charge in [-0.1, -0.05) is 40.9 Å². The molecule has 0 heterocycles. The van der Waals surface area contributed by atoms with E-state index in [9.17, 15) is 5.11 Å². The molecule has 1 aliphatic rings. The predicted molar refractivity (Wildman–Crippen MR) is 86.6 cm³/mol. The molecule has 0 spiro atoms. The van der Waals surface area contributed by atoms with Gasteiger partial charge in [0.05, 0.1) is 6.10 Å². The van der Waals surface area contributed by atoms with E-state index in [-0.39, 0.29) is 12.1 Å². The van der Waals surface area contributed by atoms with Crippen molar-refractivity contribution in [1.29, 1.82) is 0 Å². The number of halogens is 1. The Labute approximate surface area is 130 Å². The molecule has 2 rings (SSSR count). The van der Waals surface area contributed by atoms with Gasteiger partial charge in [0.15, 0.2) is 0 Å². The maximum atomic E-state index is 10.1. The average Bonchev–Trinajstić information content (AvgIpc) is 2.45. The largest absolute Gasteiger partial charge is 0.391 e. The molecule has 3 unspecified atom stereocenters. The van der Waals surface area contributed by atoms with Gasteiger partial charge < -0.3 is 15.7 Å². The van der Waals surface area contributed by atoms with Gasteiger partial charge in [0.2, 0.25) is 0 Å². The minimum absolute atomic E-state index is 0.0516. The van der Waals surface area contributed by atoms with Crippen LogP contribution in [0.1, 0.15) is 43.7 Å². The molecule has 20 heavy (non-hydrogen) atoms. The average molecular weight is 341 g/mol. The molecule has 3 atom stereocenters. The van der Waals surface area contributed by atoms with Crippen LogP contribution < -0.4 is 5.73 Å². The molecule has 1 aliphatic carbocycles. The third-order valence-corrected chi connectivity index (χ3v) is 4.82. The lowest BCUT2D eigenvalue weighted by Gasteiger charge is -2.35. The summed E-state index contributed by atoms with van der Waals surface area (Å²) in [6, 6.07) is 8.55. The van der Waals surface area contributed by atoms with Gasteiger partial charge in [0.1, 0.15) is 0 Å². The summed E-state index contributed by atoms with van der Waals surface area (Å²) in [5.74, 6) is 0. The third kappa shape index (κ3) is 4.29. The normalized spacial score (nSPS) is 24.9. The first kappa shape index (κ1) is 16.0. The summed E-state index contributed by atoms with van der Waals surface area (Å²) in [6.07, 6.45) is 5.16. The Morgan fingerprint density at radius 2 is 2.15 bits per heavy atom. The van der Waals surface area contributed by atoms with Crippen LogP contribution in [0.25, 0.3) is 0 Å². The van der Waals surface area contributed by atoms with Gasteiger partial charge in [0, 0.05) is 23.1 Å². The zero-order valence-electron chi connectivity index (χ0n) is 12.1. The fourth-order valence-corrected chi connectivity index (χ4v) is 3.44. The van der Waals surface area contributed by atoms with Gasteiger partial charge in [-0.25, -0.2) is 0 Å². The van der Waals surface area contributed by atoms with Crippen molar-refractivity contribution in [2.24, 2.45) is 5.73 Å². The zero-order valence-corrected chi connectivity index (χ0v) is 13.7. The molecule has 0 saturated heterocycles. The molecule has 0 aliphatic heterocycles. The molecule has 3 N–H and O–H groups in total. The Morgan fingerprint density at radius 1 is 1.40 bits per heavy atom. The maximum Gasteiger partial charge on any atom is 0.0695 e. The quantitative estimate of drug-likeness (QED) is 0.865. The summed E-state index contributed by atoms with van der Waals surface area (Å²) in [4.78, 5) is 2.28. The first-order chi connectivity index (χ1) is 9.58. The van der Waals surface area contributed by atoms with Gasteiger partial charge in [0.25, 0.3) is 0 Å². The van der Waals surface area contributed by atoms with E-state index in [2.05, 4.69) is 40.0 Å². The van der Waals surface area contributed by atoms with Crippen molar-refractivity contribution in [2.45, 2.75) is 50.3 Å². The van der Waals surface area contributed by atoms with Crippen molar-refractivity contribution in [3.8, 4) is 0 Å². The first-order valence-electron chi connectivity index (χ1n) is 7.47. The van der Waals surface area contributed by atoms with Crippen LogP contribution in [0.2, 0.25) is 0 Å². The predicted octanol–water partition coefficient (Wildman–Crippen LogP) is 3.07. The van der Waals surface area contributed by atoms with E-state index in [1.165, 1.54) is 6.42 Å². The van der Waals surface area contributed by atoms with Crippen LogP contribution in [0.5, 0.6) is 0 Å². The van der Waals surface area contributed by atoms with E-state index in [4.69, 9.17) is 5.73 Å². The number of likely N-dealkylation sites (N-methyl/N-ethyl adjacent to an activating group) is 1. The minimum Gasteiger partial charge on any atom is -0.391 e. The van der Waals surface area contributed by atoms with Gasteiger partial charge in [-0.2, -0.15) is 0 Å². The summed E-state index contributed by atoms with van der Waals surface area (Å²) in [5, 5.41) is 10.1. The van der Waals surface area contributed by atoms with E-state index >= 15 is 0 Å². The molecule has 112 valence electrons. The molecular weight excluding hydrogens is 316 g/mol. The minimum atomic E-state index is -0.171. The van der Waals surface area contributed by atoms with Gasteiger partial charge in [-0.05, 0) is 44.0 Å². The number of nitrogens with two attached hydrogens (primary N) is 1. The molecule has 1 fully saturated rings. The van der Waals surface area contributed by atoms with Crippen LogP contribution in [0.3, 0.4) is 0 Å². The van der Waals surface area contributed by atoms with E-state index in [0.717, 1.165) is 42.3 Å². The van der Waals surface area contributed by atoms with E-state index in [0.29, 0.717) is 6.04 Å². The fraction of sp³-hybridized carbons (Fsp3) is 0.625. The lowest BCUT2D eigenvalue weighted by molar-refractivity contribution is 0.0311. The van der Waals surface area contributed by atoms with Crippen molar-refractivity contribution < 1.29 is 5.11 Å². The fourth-order valence-electron chi connectivity index (χ4n) is 3.02. The second-order valence-electron chi connectivity index (χ2n) is 5.85. The van der Waals surface area contributed by atoms with Gasteiger partial charge in [-0.3, -0.25) is 0 Å². The van der Waals surface area contributed by atoms with Gasteiger partial charge >= 0.3 is 0 Å². The van der Waals surface area contributed by atoms with Crippen LogP contribution in [-0.2, 0) is 0 Å². The van der Waals surface area contributed by atoms with Crippen LogP contribution in [0.4, 0.5) is 0 Å². The number of nitrogens with zero attached hydrogens (tertiary/aromatic N) is 1. The Balaban J connectivity index is 1.84. The van der Waals surface area contributed by atoms with Gasteiger partial charge in [-0.15, -0.1) is 0 Å². The summed E-state index contributed by atoms with van der Waals surface area (Å²) < 4.78 is 1.07. The molecule has 1 saturated carbocycles. The SMILES string of the molecule is CN(CCC(N)c1cccc(Br)c1)C1CCCCC1O. The first-order valence-corrected chi connectivity index (χ1v) is 8.26. The summed E-state index contributed by atoms with van der Waals surface area (Å²) in [7, 11) is 2.10. The van der Waals surface area contributed by atoms with Crippen molar-refractivity contribution in [2.75, 3.05) is 13.6 Å². The number of benzene rings is 1. The molecule has 1 aromatic carbocycles. The lowest BCUT2D eigenvalue weighted by atomic mass is 9.91. The zero-order chi connectivity index (χ0) is 14.5. The topological polar surface area (TPSA) is 49.5 Å². The Bertz CT molecular complexity index is 427. The third-order valence-electron chi connectivity index (χ3n) is 4.33. The molecule has 1 aromatic rings. The van der Waals surface area contributed by atoms with Crippen molar-refractivity contribution in [1.82, 2.24) is 4.90 Å². The number of aliphatic hydroxyl groups is 1. The summed E-state index contributed by atoms with van der Waals surface area (Å²) >= 11 is 3.48. The summed E-state index contributed by atoms with van der Waals surface area (Å²) in [5.41, 5.74) is 7.43. The monoisotopic (exact) mass is 340 g/mol. The highest BCUT2D eigenvalue weighted by atomic mass is 79.9. The Hall–Kier alpha value is -0.420. The summed E-state index contributed by atoms with van der Waals surface area (Å²) in [6.45, 7) is 0.926. The van der Waals surface area contributed by atoms with Crippen LogP contribution in [0, 0.1) is 0 Å². The van der Waals surface area contributed by atoms with Crippen molar-refractivity contribution in [3.63, 3.8) is 0 Å². The molecule has 0 aromatic heterocycles. The smallest absolute Gasteiger partial charge is 0.0695 e. The molecule has 0 radical (unpaired) electrons. The van der Waals surface area contributed by atoms with E-state index in [1.54, 1.807) is 0 Å². The Morgan fingerprint density at radius 3 is 2.85 bits per heavy atom. The maximum absolute atomic E-state index is 10.1. The highest BCUT2D eigenvalue weighted by molar-refractivity contribution is 9.10. The number of hydrogen-bond acceptors (Lipinski definition) is 3.